The third-order valence-corrected chi connectivity index (χ3v) is 3.30. The zero-order chi connectivity index (χ0) is 15.8. The number of rotatable bonds is 6. The minimum atomic E-state index is -0.170. The van der Waals surface area contributed by atoms with Crippen molar-refractivity contribution in [1.82, 2.24) is 4.90 Å². The lowest BCUT2D eigenvalue weighted by Gasteiger charge is -2.23. The number of hydrogen-bond donors (Lipinski definition) is 0. The molecule has 0 unspecified atom stereocenters. The van der Waals surface area contributed by atoms with E-state index in [1.54, 1.807) is 18.2 Å². The molecule has 2 aromatic carbocycles. The summed E-state index contributed by atoms with van der Waals surface area (Å²) in [6.07, 6.45) is 3.21. The van der Waals surface area contributed by atoms with Crippen LogP contribution in [0.15, 0.2) is 72.4 Å². The van der Waals surface area contributed by atoms with E-state index in [2.05, 4.69) is 0 Å². The molecule has 2 aromatic rings. The van der Waals surface area contributed by atoms with Gasteiger partial charge < -0.3 is 4.90 Å². The van der Waals surface area contributed by atoms with Crippen molar-refractivity contribution in [2.75, 3.05) is 0 Å². The molecular formula is C19H19NO2. The summed E-state index contributed by atoms with van der Waals surface area (Å²) >= 11 is 0. The molecule has 0 radical (unpaired) electrons. The van der Waals surface area contributed by atoms with Crippen molar-refractivity contribution in [1.29, 1.82) is 0 Å². The number of carbonyl (C=O) groups is 2. The fraction of sp³-hybridized carbons (Fsp3) is 0.158. The number of carbonyl (C=O) groups excluding carboxylic acids is 2. The van der Waals surface area contributed by atoms with E-state index in [1.807, 2.05) is 55.5 Å². The van der Waals surface area contributed by atoms with Crippen LogP contribution in [0, 0.1) is 0 Å². The van der Waals surface area contributed by atoms with Crippen LogP contribution in [0.25, 0.3) is 0 Å². The normalized spacial score (nSPS) is 11.0. The quantitative estimate of drug-likeness (QED) is 0.599. The molecule has 0 spiro atoms. The highest BCUT2D eigenvalue weighted by molar-refractivity contribution is 5.98. The van der Waals surface area contributed by atoms with Crippen LogP contribution in [0.4, 0.5) is 0 Å². The van der Waals surface area contributed by atoms with E-state index in [4.69, 9.17) is 0 Å². The molecule has 0 aliphatic heterocycles. The Hall–Kier alpha value is -2.68. The molecule has 0 saturated carbocycles. The Balaban J connectivity index is 2.35. The summed E-state index contributed by atoms with van der Waals surface area (Å²) in [4.78, 5) is 25.7. The fourth-order valence-electron chi connectivity index (χ4n) is 2.21. The van der Waals surface area contributed by atoms with Gasteiger partial charge >= 0.3 is 0 Å². The standard InChI is InChI=1S/C19H19NO2/c1-2-9-18(15-21)20(14-16-10-5-3-6-11-16)19(22)17-12-7-4-8-13-17/h3-13,15H,2,14H2,1H3/b18-9-. The second-order valence-electron chi connectivity index (χ2n) is 4.90. The number of benzene rings is 2. The monoisotopic (exact) mass is 293 g/mol. The van der Waals surface area contributed by atoms with Crippen molar-refractivity contribution in [3.05, 3.63) is 83.6 Å². The molecule has 0 saturated heterocycles. The molecule has 0 N–H and O–H groups in total. The average Bonchev–Trinajstić information content (AvgIpc) is 2.59. The van der Waals surface area contributed by atoms with Crippen molar-refractivity contribution in [3.63, 3.8) is 0 Å². The molecule has 3 nitrogen and oxygen atoms in total. The Morgan fingerprint density at radius 1 is 1.00 bits per heavy atom. The van der Waals surface area contributed by atoms with E-state index in [1.165, 1.54) is 4.90 Å². The topological polar surface area (TPSA) is 37.4 Å². The molecule has 0 aliphatic carbocycles. The first-order valence-corrected chi connectivity index (χ1v) is 7.32. The summed E-state index contributed by atoms with van der Waals surface area (Å²) in [5, 5.41) is 0. The van der Waals surface area contributed by atoms with Crippen LogP contribution in [0.2, 0.25) is 0 Å². The Morgan fingerprint density at radius 3 is 2.14 bits per heavy atom. The molecule has 2 rings (SSSR count). The number of amides is 1. The zero-order valence-electron chi connectivity index (χ0n) is 12.6. The Kier molecular flexibility index (Phi) is 5.66. The van der Waals surface area contributed by atoms with Gasteiger partial charge in [0.05, 0.1) is 12.2 Å². The van der Waals surface area contributed by atoms with Gasteiger partial charge in [0.1, 0.15) is 0 Å². The minimum absolute atomic E-state index is 0.170. The van der Waals surface area contributed by atoms with Crippen LogP contribution in [0.1, 0.15) is 29.3 Å². The van der Waals surface area contributed by atoms with E-state index in [0.29, 0.717) is 24.2 Å². The molecule has 112 valence electrons. The van der Waals surface area contributed by atoms with Gasteiger partial charge in [-0.3, -0.25) is 9.59 Å². The van der Waals surface area contributed by atoms with Crippen LogP contribution >= 0.6 is 0 Å². The first kappa shape index (κ1) is 15.7. The molecule has 3 heteroatoms. The van der Waals surface area contributed by atoms with Gasteiger partial charge in [-0.25, -0.2) is 0 Å². The highest BCUT2D eigenvalue weighted by atomic mass is 16.2. The molecule has 0 fully saturated rings. The lowest BCUT2D eigenvalue weighted by molar-refractivity contribution is -0.106. The number of allylic oxidation sites excluding steroid dienone is 2. The average molecular weight is 293 g/mol. The molecule has 1 amide bonds. The molecule has 22 heavy (non-hydrogen) atoms. The molecule has 0 atom stereocenters. The first-order chi connectivity index (χ1) is 10.8. The fourth-order valence-corrected chi connectivity index (χ4v) is 2.21. The van der Waals surface area contributed by atoms with Gasteiger partial charge in [0.15, 0.2) is 6.29 Å². The summed E-state index contributed by atoms with van der Waals surface area (Å²) < 4.78 is 0. The van der Waals surface area contributed by atoms with E-state index >= 15 is 0 Å². The molecule has 0 bridgehead atoms. The van der Waals surface area contributed by atoms with Crippen molar-refractivity contribution in [2.45, 2.75) is 19.9 Å². The summed E-state index contributed by atoms with van der Waals surface area (Å²) in [5.41, 5.74) is 1.96. The maximum absolute atomic E-state index is 12.8. The second-order valence-corrected chi connectivity index (χ2v) is 4.90. The molecular weight excluding hydrogens is 274 g/mol. The van der Waals surface area contributed by atoms with Gasteiger partial charge in [0.2, 0.25) is 0 Å². The van der Waals surface area contributed by atoms with Gasteiger partial charge in [0.25, 0.3) is 5.91 Å². The lowest BCUT2D eigenvalue weighted by atomic mass is 10.1. The van der Waals surface area contributed by atoms with Crippen LogP contribution in [0.5, 0.6) is 0 Å². The van der Waals surface area contributed by atoms with Crippen molar-refractivity contribution >= 4 is 12.2 Å². The van der Waals surface area contributed by atoms with Gasteiger partial charge in [-0.1, -0.05) is 61.5 Å². The van der Waals surface area contributed by atoms with Crippen molar-refractivity contribution in [2.24, 2.45) is 0 Å². The highest BCUT2D eigenvalue weighted by Gasteiger charge is 2.19. The molecule has 0 heterocycles. The van der Waals surface area contributed by atoms with Crippen LogP contribution < -0.4 is 0 Å². The predicted octanol–water partition coefficient (Wildman–Crippen LogP) is 3.82. The maximum atomic E-state index is 12.8. The summed E-state index contributed by atoms with van der Waals surface area (Å²) in [6.45, 7) is 2.32. The second kappa shape index (κ2) is 7.93. The van der Waals surface area contributed by atoms with E-state index in [0.717, 1.165) is 11.8 Å². The van der Waals surface area contributed by atoms with Crippen molar-refractivity contribution < 1.29 is 9.59 Å². The SMILES string of the molecule is CC/C=C(/C=O)N(Cc1ccccc1)C(=O)c1ccccc1. The van der Waals surface area contributed by atoms with E-state index in [9.17, 15) is 9.59 Å². The molecule has 0 aromatic heterocycles. The van der Waals surface area contributed by atoms with Gasteiger partial charge in [-0.05, 0) is 24.1 Å². The van der Waals surface area contributed by atoms with Crippen LogP contribution in [-0.4, -0.2) is 17.1 Å². The Bertz CT molecular complexity index is 648. The third-order valence-electron chi connectivity index (χ3n) is 3.30. The first-order valence-electron chi connectivity index (χ1n) is 7.32. The number of hydrogen-bond acceptors (Lipinski definition) is 2. The van der Waals surface area contributed by atoms with Gasteiger partial charge in [-0.2, -0.15) is 0 Å². The van der Waals surface area contributed by atoms with Crippen molar-refractivity contribution in [3.8, 4) is 0 Å². The predicted molar refractivity (Wildman–Crippen MR) is 87.2 cm³/mol. The minimum Gasteiger partial charge on any atom is -0.301 e. The smallest absolute Gasteiger partial charge is 0.258 e. The van der Waals surface area contributed by atoms with E-state index in [-0.39, 0.29) is 5.91 Å². The third kappa shape index (κ3) is 3.92. The largest absolute Gasteiger partial charge is 0.301 e. The maximum Gasteiger partial charge on any atom is 0.258 e. The number of nitrogens with zero attached hydrogens (tertiary/aromatic N) is 1. The zero-order valence-corrected chi connectivity index (χ0v) is 12.6. The summed E-state index contributed by atoms with van der Waals surface area (Å²) in [7, 11) is 0. The van der Waals surface area contributed by atoms with Crippen LogP contribution in [0.3, 0.4) is 0 Å². The summed E-state index contributed by atoms with van der Waals surface area (Å²) in [5.74, 6) is -0.170. The molecule has 0 aliphatic rings. The Morgan fingerprint density at radius 2 is 1.59 bits per heavy atom. The highest BCUT2D eigenvalue weighted by Crippen LogP contribution is 2.15. The van der Waals surface area contributed by atoms with Crippen LogP contribution in [-0.2, 0) is 11.3 Å². The number of aldehydes is 1. The summed E-state index contributed by atoms with van der Waals surface area (Å²) in [6, 6.07) is 18.7. The Labute approximate surface area is 130 Å². The van der Waals surface area contributed by atoms with Gasteiger partial charge in [0, 0.05) is 5.56 Å². The lowest BCUT2D eigenvalue weighted by Crippen LogP contribution is -2.30. The van der Waals surface area contributed by atoms with Gasteiger partial charge in [-0.15, -0.1) is 0 Å². The van der Waals surface area contributed by atoms with E-state index < -0.39 is 0 Å².